The average Bonchev–Trinajstić information content (AvgIpc) is 3.02. The third kappa shape index (κ3) is 2.33. The number of nitrogens with zero attached hydrogens (tertiary/aromatic N) is 1. The van der Waals surface area contributed by atoms with E-state index in [-0.39, 0.29) is 17.9 Å². The van der Waals surface area contributed by atoms with Gasteiger partial charge in [-0.2, -0.15) is 0 Å². The molecule has 1 fully saturated rings. The Hall–Kier alpha value is -2.82. The summed E-state index contributed by atoms with van der Waals surface area (Å²) in [6, 6.07) is 15.5. The van der Waals surface area contributed by atoms with Crippen molar-refractivity contribution in [3.63, 3.8) is 0 Å². The zero-order valence-electron chi connectivity index (χ0n) is 13.2. The third-order valence-corrected chi connectivity index (χ3v) is 4.98. The van der Waals surface area contributed by atoms with Crippen LogP contribution >= 0.6 is 0 Å². The topological polar surface area (TPSA) is 75.4 Å². The number of hydrogen-bond donors (Lipinski definition) is 2. The van der Waals surface area contributed by atoms with E-state index in [0.29, 0.717) is 11.3 Å². The number of para-hydroxylation sites is 1. The maximum Gasteiger partial charge on any atom is 0.248 e. The maximum absolute atomic E-state index is 12.7. The number of rotatable bonds is 2. The van der Waals surface area contributed by atoms with Gasteiger partial charge in [0.05, 0.1) is 17.3 Å². The van der Waals surface area contributed by atoms with E-state index in [2.05, 4.69) is 22.3 Å². The van der Waals surface area contributed by atoms with Crippen molar-refractivity contribution in [1.29, 1.82) is 0 Å². The average molecular weight is 321 g/mol. The van der Waals surface area contributed by atoms with E-state index in [0.717, 1.165) is 30.6 Å². The summed E-state index contributed by atoms with van der Waals surface area (Å²) in [5.74, 6) is -0.517. The predicted octanol–water partition coefficient (Wildman–Crippen LogP) is 3.04. The fourth-order valence-corrected chi connectivity index (χ4v) is 3.88. The minimum atomic E-state index is -0.497. The largest absolute Gasteiger partial charge is 0.366 e. The fourth-order valence-electron chi connectivity index (χ4n) is 3.88. The molecule has 0 bridgehead atoms. The molecular weight excluding hydrogens is 302 g/mol. The summed E-state index contributed by atoms with van der Waals surface area (Å²) in [7, 11) is 0. The van der Waals surface area contributed by atoms with Crippen LogP contribution < -0.4 is 16.0 Å². The highest BCUT2D eigenvalue weighted by atomic mass is 16.2. The molecule has 0 unspecified atom stereocenters. The number of hydrogen-bond acceptors (Lipinski definition) is 3. The van der Waals surface area contributed by atoms with Gasteiger partial charge in [-0.25, -0.2) is 0 Å². The monoisotopic (exact) mass is 321 g/mol. The Morgan fingerprint density at radius 1 is 1.12 bits per heavy atom. The molecule has 1 saturated carbocycles. The maximum atomic E-state index is 12.7. The van der Waals surface area contributed by atoms with Crippen molar-refractivity contribution in [2.45, 2.75) is 25.3 Å². The van der Waals surface area contributed by atoms with Gasteiger partial charge in [0.1, 0.15) is 0 Å². The van der Waals surface area contributed by atoms with Crippen LogP contribution in [0.2, 0.25) is 0 Å². The Morgan fingerprint density at radius 2 is 1.92 bits per heavy atom. The van der Waals surface area contributed by atoms with Crippen LogP contribution in [-0.2, 0) is 4.79 Å². The van der Waals surface area contributed by atoms with E-state index in [9.17, 15) is 9.59 Å². The van der Waals surface area contributed by atoms with Crippen LogP contribution in [0.15, 0.2) is 48.5 Å². The van der Waals surface area contributed by atoms with Crippen LogP contribution in [0.3, 0.4) is 0 Å². The highest BCUT2D eigenvalue weighted by molar-refractivity contribution is 6.02. The number of anilines is 3. The first-order valence-electron chi connectivity index (χ1n) is 8.24. The molecular formula is C19H19N3O2. The molecule has 2 aromatic rings. The Morgan fingerprint density at radius 3 is 2.67 bits per heavy atom. The van der Waals surface area contributed by atoms with Crippen LogP contribution in [-0.4, -0.2) is 17.9 Å². The van der Waals surface area contributed by atoms with Crippen molar-refractivity contribution < 1.29 is 9.59 Å². The second-order valence-electron chi connectivity index (χ2n) is 6.40. The Labute approximate surface area is 140 Å². The molecule has 1 aliphatic carbocycles. The molecule has 2 atom stereocenters. The first kappa shape index (κ1) is 14.8. The number of amides is 2. The van der Waals surface area contributed by atoms with Crippen LogP contribution in [0.1, 0.15) is 29.6 Å². The van der Waals surface area contributed by atoms with Crippen molar-refractivity contribution in [3.05, 3.63) is 54.1 Å². The lowest BCUT2D eigenvalue weighted by atomic mass is 10.0. The molecule has 0 saturated heterocycles. The molecule has 2 aromatic carbocycles. The summed E-state index contributed by atoms with van der Waals surface area (Å²) >= 11 is 0. The lowest BCUT2D eigenvalue weighted by Crippen LogP contribution is -2.36. The number of nitrogens with two attached hydrogens (primary N) is 1. The molecule has 0 aromatic heterocycles. The Kier molecular flexibility index (Phi) is 3.49. The van der Waals surface area contributed by atoms with Crippen LogP contribution in [0, 0.1) is 5.92 Å². The number of primary amides is 1. The van der Waals surface area contributed by atoms with Crippen molar-refractivity contribution in [2.24, 2.45) is 11.7 Å². The zero-order valence-corrected chi connectivity index (χ0v) is 13.2. The normalized spacial score (nSPS) is 22.3. The minimum absolute atomic E-state index is 0.0267. The van der Waals surface area contributed by atoms with Crippen LogP contribution in [0.25, 0.3) is 0 Å². The second-order valence-corrected chi connectivity index (χ2v) is 6.40. The molecule has 1 aliphatic heterocycles. The van der Waals surface area contributed by atoms with Crippen molar-refractivity contribution in [1.82, 2.24) is 0 Å². The molecule has 4 rings (SSSR count). The minimum Gasteiger partial charge on any atom is -0.366 e. The molecule has 2 amide bonds. The zero-order chi connectivity index (χ0) is 16.7. The van der Waals surface area contributed by atoms with Gasteiger partial charge in [-0.15, -0.1) is 0 Å². The van der Waals surface area contributed by atoms with E-state index < -0.39 is 5.91 Å². The molecule has 5 nitrogen and oxygen atoms in total. The summed E-state index contributed by atoms with van der Waals surface area (Å²) < 4.78 is 0. The highest BCUT2D eigenvalue weighted by Crippen LogP contribution is 2.44. The fraction of sp³-hybridized carbons (Fsp3) is 0.263. The molecule has 24 heavy (non-hydrogen) atoms. The quantitative estimate of drug-likeness (QED) is 0.892. The lowest BCUT2D eigenvalue weighted by Gasteiger charge is -2.32. The van der Waals surface area contributed by atoms with Gasteiger partial charge in [-0.1, -0.05) is 24.6 Å². The Bertz CT molecular complexity index is 804. The van der Waals surface area contributed by atoms with Crippen molar-refractivity contribution in [2.75, 3.05) is 10.2 Å². The number of benzene rings is 2. The summed E-state index contributed by atoms with van der Waals surface area (Å²) in [6.07, 6.45) is 2.90. The van der Waals surface area contributed by atoms with E-state index in [4.69, 9.17) is 5.73 Å². The van der Waals surface area contributed by atoms with Gasteiger partial charge in [-0.05, 0) is 43.2 Å². The van der Waals surface area contributed by atoms with Gasteiger partial charge >= 0.3 is 0 Å². The summed E-state index contributed by atoms with van der Waals surface area (Å²) in [5, 5.41) is 3.00. The van der Waals surface area contributed by atoms with E-state index >= 15 is 0 Å². The van der Waals surface area contributed by atoms with E-state index in [1.165, 1.54) is 0 Å². The standard InChI is InChI=1S/C19H19N3O2/c20-18(23)12-9-10-17-15(11-12)21-19(24)14-7-4-8-16(14)22(17)13-5-2-1-3-6-13/h1-3,5-6,9-11,14,16H,4,7-8H2,(H2,20,23)(H,21,24)/t14-,16+/m1/s1. The van der Waals surface area contributed by atoms with Gasteiger partial charge in [0.15, 0.2) is 0 Å². The predicted molar refractivity (Wildman–Crippen MR) is 93.3 cm³/mol. The van der Waals surface area contributed by atoms with Gasteiger partial charge in [0.25, 0.3) is 0 Å². The molecule has 3 N–H and O–H groups in total. The Balaban J connectivity index is 1.90. The summed E-state index contributed by atoms with van der Waals surface area (Å²) in [6.45, 7) is 0. The second kappa shape index (κ2) is 5.67. The molecule has 1 heterocycles. The number of fused-ring (bicyclic) bond motifs is 2. The van der Waals surface area contributed by atoms with E-state index in [1.807, 2.05) is 24.3 Å². The van der Waals surface area contributed by atoms with E-state index in [1.54, 1.807) is 12.1 Å². The van der Waals surface area contributed by atoms with Crippen LogP contribution in [0.5, 0.6) is 0 Å². The van der Waals surface area contributed by atoms with Gasteiger partial charge in [0.2, 0.25) is 11.8 Å². The SMILES string of the molecule is NC(=O)c1ccc2c(c1)NC(=O)[C@@H]1CCC[C@@H]1N2c1ccccc1. The highest BCUT2D eigenvalue weighted by Gasteiger charge is 2.41. The first-order valence-corrected chi connectivity index (χ1v) is 8.24. The first-order chi connectivity index (χ1) is 11.6. The molecule has 122 valence electrons. The third-order valence-electron chi connectivity index (χ3n) is 4.98. The molecule has 0 spiro atoms. The van der Waals surface area contributed by atoms with Gasteiger partial charge in [-0.3, -0.25) is 9.59 Å². The lowest BCUT2D eigenvalue weighted by molar-refractivity contribution is -0.119. The molecule has 0 radical (unpaired) electrons. The molecule has 2 aliphatic rings. The van der Waals surface area contributed by atoms with Gasteiger partial charge in [0, 0.05) is 17.3 Å². The van der Waals surface area contributed by atoms with Crippen molar-refractivity contribution in [3.8, 4) is 0 Å². The van der Waals surface area contributed by atoms with Crippen LogP contribution in [0.4, 0.5) is 17.1 Å². The van der Waals surface area contributed by atoms with Crippen molar-refractivity contribution >= 4 is 28.9 Å². The molecule has 5 heteroatoms. The van der Waals surface area contributed by atoms with Gasteiger partial charge < -0.3 is 16.0 Å². The number of carbonyl (C=O) groups is 2. The number of carbonyl (C=O) groups excluding carboxylic acids is 2. The number of nitrogens with one attached hydrogen (secondary N) is 1. The smallest absolute Gasteiger partial charge is 0.248 e. The summed E-state index contributed by atoms with van der Waals surface area (Å²) in [5.41, 5.74) is 8.40. The summed E-state index contributed by atoms with van der Waals surface area (Å²) in [4.78, 5) is 26.4.